The van der Waals surface area contributed by atoms with Gasteiger partial charge in [0.05, 0.1) is 11.3 Å². The van der Waals surface area contributed by atoms with Gasteiger partial charge < -0.3 is 4.55 Å². The third-order valence-corrected chi connectivity index (χ3v) is 3.41. The van der Waals surface area contributed by atoms with E-state index in [4.69, 9.17) is 0 Å². The summed E-state index contributed by atoms with van der Waals surface area (Å²) >= 11 is -0.0368. The molecule has 0 amide bonds. The van der Waals surface area contributed by atoms with Gasteiger partial charge in [-0.1, -0.05) is 0 Å². The van der Waals surface area contributed by atoms with Gasteiger partial charge in [0.25, 0.3) is 0 Å². The van der Waals surface area contributed by atoms with Crippen molar-refractivity contribution in [1.82, 2.24) is 8.96 Å². The summed E-state index contributed by atoms with van der Waals surface area (Å²) < 4.78 is 60.1. The van der Waals surface area contributed by atoms with E-state index in [1.54, 1.807) is 0 Å². The Morgan fingerprint density at radius 3 is 2.65 bits per heavy atom. The van der Waals surface area contributed by atoms with Crippen LogP contribution in [-0.2, 0) is 17.4 Å². The monoisotopic (exact) mass is 327 g/mol. The first-order valence-corrected chi connectivity index (χ1v) is 5.98. The van der Waals surface area contributed by atoms with E-state index in [2.05, 4.69) is 20.9 Å². The van der Waals surface area contributed by atoms with Crippen LogP contribution in [0.4, 0.5) is 13.2 Å². The molecule has 2 aromatic rings. The average Bonchev–Trinajstić information content (AvgIpc) is 2.57. The van der Waals surface area contributed by atoms with Crippen LogP contribution in [0.2, 0.25) is 0 Å². The molecule has 1 unspecified atom stereocenters. The summed E-state index contributed by atoms with van der Waals surface area (Å²) in [7, 11) is 0. The molecule has 0 saturated carbocycles. The van der Waals surface area contributed by atoms with E-state index in [1.807, 2.05) is 0 Å². The molecule has 17 heavy (non-hydrogen) atoms. The number of hydrogen-bond acceptors (Lipinski definition) is 3. The Balaban J connectivity index is 2.90. The maximum Gasteiger partial charge on any atom is 0.432 e. The number of rotatable bonds is 1. The second-order valence-corrected chi connectivity index (χ2v) is 4.72. The summed E-state index contributed by atoms with van der Waals surface area (Å²) in [6.07, 6.45) is -3.55. The first-order chi connectivity index (χ1) is 7.82. The molecule has 0 aliphatic heterocycles. The van der Waals surface area contributed by atoms with E-state index in [9.17, 15) is 21.9 Å². The van der Waals surface area contributed by atoms with Crippen molar-refractivity contribution in [2.45, 2.75) is 6.18 Å². The van der Waals surface area contributed by atoms with E-state index in [1.165, 1.54) is 12.3 Å². The molecule has 2 heterocycles. The molecule has 0 aromatic carbocycles. The van der Waals surface area contributed by atoms with Gasteiger partial charge >= 0.3 is 6.18 Å². The molecule has 0 saturated heterocycles. The van der Waals surface area contributed by atoms with Crippen molar-refractivity contribution in [2.75, 3.05) is 0 Å². The summed E-state index contributed by atoms with van der Waals surface area (Å²) in [4.78, 5) is 3.64. The molecule has 2 aromatic heterocycles. The Labute approximate surface area is 104 Å². The standard InChI is InChI=1S/C8H4BrF3N2O2S/c9-5-1-2-13-7-4(5)3-6(8(10,11)12)14(7)17(15)16/h1-3H,(H,15,16)/p-1. The van der Waals surface area contributed by atoms with Crippen LogP contribution in [0.5, 0.6) is 0 Å². The number of alkyl halides is 3. The normalized spacial score (nSPS) is 14.2. The van der Waals surface area contributed by atoms with Crippen molar-refractivity contribution in [2.24, 2.45) is 0 Å². The van der Waals surface area contributed by atoms with E-state index in [-0.39, 0.29) is 15.0 Å². The molecular weight excluding hydrogens is 325 g/mol. The highest BCUT2D eigenvalue weighted by atomic mass is 79.9. The Hall–Kier alpha value is -0.930. The highest BCUT2D eigenvalue weighted by Gasteiger charge is 2.36. The second kappa shape index (κ2) is 4.07. The van der Waals surface area contributed by atoms with Gasteiger partial charge in [-0.15, -0.1) is 0 Å². The van der Waals surface area contributed by atoms with Crippen LogP contribution in [-0.4, -0.2) is 17.7 Å². The molecule has 0 spiro atoms. The van der Waals surface area contributed by atoms with E-state index in [0.29, 0.717) is 4.47 Å². The lowest BCUT2D eigenvalue weighted by molar-refractivity contribution is -0.141. The van der Waals surface area contributed by atoms with Crippen molar-refractivity contribution in [3.63, 3.8) is 0 Å². The third-order valence-electron chi connectivity index (χ3n) is 2.05. The number of fused-ring (bicyclic) bond motifs is 1. The number of pyridine rings is 1. The van der Waals surface area contributed by atoms with Gasteiger partial charge in [0.15, 0.2) is 5.65 Å². The number of aromatic nitrogens is 2. The molecule has 1 atom stereocenters. The summed E-state index contributed by atoms with van der Waals surface area (Å²) in [6, 6.07) is 2.17. The lowest BCUT2D eigenvalue weighted by atomic mass is 10.3. The molecule has 0 radical (unpaired) electrons. The van der Waals surface area contributed by atoms with Gasteiger partial charge in [-0.25, -0.2) is 8.96 Å². The fraction of sp³-hybridized carbons (Fsp3) is 0.125. The van der Waals surface area contributed by atoms with Gasteiger partial charge in [0.1, 0.15) is 5.69 Å². The van der Waals surface area contributed by atoms with Crippen molar-refractivity contribution >= 4 is 38.2 Å². The third kappa shape index (κ3) is 2.09. The number of halogens is 4. The van der Waals surface area contributed by atoms with Crippen molar-refractivity contribution in [3.8, 4) is 0 Å². The molecule has 0 aliphatic carbocycles. The zero-order chi connectivity index (χ0) is 12.8. The van der Waals surface area contributed by atoms with Crippen molar-refractivity contribution in [3.05, 3.63) is 28.5 Å². The van der Waals surface area contributed by atoms with Crippen LogP contribution in [0, 0.1) is 0 Å². The lowest BCUT2D eigenvalue weighted by Gasteiger charge is -2.13. The smallest absolute Gasteiger partial charge is 0.432 e. The lowest BCUT2D eigenvalue weighted by Crippen LogP contribution is -2.16. The van der Waals surface area contributed by atoms with E-state index in [0.717, 1.165) is 6.07 Å². The average molecular weight is 328 g/mol. The highest BCUT2D eigenvalue weighted by molar-refractivity contribution is 9.10. The van der Waals surface area contributed by atoms with Gasteiger partial charge in [-0.3, -0.25) is 4.21 Å². The highest BCUT2D eigenvalue weighted by Crippen LogP contribution is 2.35. The van der Waals surface area contributed by atoms with E-state index < -0.39 is 23.1 Å². The molecule has 0 fully saturated rings. The van der Waals surface area contributed by atoms with Gasteiger partial charge in [0.2, 0.25) is 0 Å². The molecular formula is C8H3BrF3N2O2S-. The molecule has 92 valence electrons. The molecule has 9 heteroatoms. The topological polar surface area (TPSA) is 57.9 Å². The molecule has 0 bridgehead atoms. The Kier molecular flexibility index (Phi) is 3.00. The minimum Gasteiger partial charge on any atom is -0.755 e. The van der Waals surface area contributed by atoms with Crippen LogP contribution in [0.15, 0.2) is 22.8 Å². The van der Waals surface area contributed by atoms with Crippen molar-refractivity contribution < 1.29 is 21.9 Å². The van der Waals surface area contributed by atoms with Crippen LogP contribution in [0.1, 0.15) is 5.69 Å². The zero-order valence-electron chi connectivity index (χ0n) is 7.86. The van der Waals surface area contributed by atoms with Crippen molar-refractivity contribution in [1.29, 1.82) is 0 Å². The maximum absolute atomic E-state index is 12.6. The summed E-state index contributed by atoms with van der Waals surface area (Å²) in [6.45, 7) is 0. The maximum atomic E-state index is 12.6. The summed E-state index contributed by atoms with van der Waals surface area (Å²) in [5.74, 6) is 0. The van der Waals surface area contributed by atoms with Gasteiger partial charge in [-0.05, 0) is 28.1 Å². The number of hydrogen-bond donors (Lipinski definition) is 0. The molecule has 0 N–H and O–H groups in total. The van der Waals surface area contributed by atoms with Crippen LogP contribution >= 0.6 is 15.9 Å². The predicted octanol–water partition coefficient (Wildman–Crippen LogP) is 2.46. The first-order valence-electron chi connectivity index (χ1n) is 4.15. The predicted molar refractivity (Wildman–Crippen MR) is 56.8 cm³/mol. The van der Waals surface area contributed by atoms with Crippen LogP contribution in [0.25, 0.3) is 11.0 Å². The Morgan fingerprint density at radius 2 is 2.12 bits per heavy atom. The van der Waals surface area contributed by atoms with Crippen LogP contribution in [0.3, 0.4) is 0 Å². The first kappa shape index (κ1) is 12.5. The molecule has 0 aliphatic rings. The SMILES string of the molecule is O=S([O-])n1c(C(F)(F)F)cc2c(Br)ccnc21. The molecule has 4 nitrogen and oxygen atoms in total. The minimum absolute atomic E-state index is 0.0871. The second-order valence-electron chi connectivity index (χ2n) is 3.07. The quantitative estimate of drug-likeness (QED) is 0.756. The molecule has 2 rings (SSSR count). The summed E-state index contributed by atoms with van der Waals surface area (Å²) in [5.41, 5.74) is -1.54. The Morgan fingerprint density at radius 1 is 1.47 bits per heavy atom. The fourth-order valence-electron chi connectivity index (χ4n) is 1.39. The summed E-state index contributed by atoms with van der Waals surface area (Å²) in [5, 5.41) is 0.0871. The van der Waals surface area contributed by atoms with Gasteiger partial charge in [0, 0.05) is 16.1 Å². The fourth-order valence-corrected chi connectivity index (χ4v) is 2.41. The van der Waals surface area contributed by atoms with E-state index >= 15 is 0 Å². The Bertz CT molecular complexity index is 611. The zero-order valence-corrected chi connectivity index (χ0v) is 10.3. The van der Waals surface area contributed by atoms with Crippen LogP contribution < -0.4 is 0 Å². The van der Waals surface area contributed by atoms with Gasteiger partial charge in [-0.2, -0.15) is 13.2 Å². The number of nitrogens with zero attached hydrogens (tertiary/aromatic N) is 2. The largest absolute Gasteiger partial charge is 0.755 e. The minimum atomic E-state index is -4.76.